The van der Waals surface area contributed by atoms with Gasteiger partial charge in [0.1, 0.15) is 23.3 Å². The largest absolute Gasteiger partial charge is 0.381 e. The first-order chi connectivity index (χ1) is 23.3. The third kappa shape index (κ3) is 6.82. The molecule has 0 bridgehead atoms. The summed E-state index contributed by atoms with van der Waals surface area (Å²) in [6, 6.07) is 12.6. The Morgan fingerprint density at radius 1 is 0.771 bits per heavy atom. The second-order valence-electron chi connectivity index (χ2n) is 12.0. The molecule has 0 radical (unpaired) electrons. The molecule has 6 aromatic rings. The Hall–Kier alpha value is -5.04. The predicted molar refractivity (Wildman–Crippen MR) is 176 cm³/mol. The summed E-state index contributed by atoms with van der Waals surface area (Å²) in [5.41, 5.74) is 3.37. The van der Waals surface area contributed by atoms with Crippen LogP contribution in [0.15, 0.2) is 70.5 Å². The van der Waals surface area contributed by atoms with Crippen molar-refractivity contribution in [1.82, 2.24) is 38.3 Å². The van der Waals surface area contributed by atoms with Gasteiger partial charge in [0.2, 0.25) is 11.3 Å². The minimum Gasteiger partial charge on any atom is -0.381 e. The number of fused-ring (bicyclic) bond motifs is 2. The van der Waals surface area contributed by atoms with Crippen LogP contribution < -0.4 is 11.1 Å². The zero-order valence-electron chi connectivity index (χ0n) is 27.3. The fourth-order valence-corrected chi connectivity index (χ4v) is 6.06. The molecule has 0 unspecified atom stereocenters. The molecule has 48 heavy (non-hydrogen) atoms. The highest BCUT2D eigenvalue weighted by atomic mass is 19.1. The summed E-state index contributed by atoms with van der Waals surface area (Å²) in [5, 5.41) is 16.4. The van der Waals surface area contributed by atoms with Crippen LogP contribution in [0.2, 0.25) is 0 Å². The molecule has 1 aliphatic rings. The van der Waals surface area contributed by atoms with Crippen molar-refractivity contribution >= 4 is 11.3 Å². The molecular weight excluding hydrogens is 618 g/mol. The van der Waals surface area contributed by atoms with Crippen molar-refractivity contribution in [3.8, 4) is 0 Å². The van der Waals surface area contributed by atoms with Crippen LogP contribution in [0.1, 0.15) is 73.2 Å². The number of nitrogens with zero attached hydrogens (tertiary/aromatic N) is 8. The monoisotopic (exact) mass is 656 g/mol. The summed E-state index contributed by atoms with van der Waals surface area (Å²) in [6.45, 7) is 7.86. The average molecular weight is 657 g/mol. The smallest absolute Gasteiger partial charge is 0.296 e. The van der Waals surface area contributed by atoms with Crippen molar-refractivity contribution in [3.63, 3.8) is 0 Å². The molecule has 4 aromatic heterocycles. The van der Waals surface area contributed by atoms with E-state index in [0.717, 1.165) is 66.3 Å². The van der Waals surface area contributed by atoms with Crippen molar-refractivity contribution in [3.05, 3.63) is 127 Å². The summed E-state index contributed by atoms with van der Waals surface area (Å²) in [6.07, 6.45) is 8.07. The molecule has 1 aliphatic heterocycles. The molecule has 1 fully saturated rings. The Morgan fingerprint density at radius 3 is 1.83 bits per heavy atom. The van der Waals surface area contributed by atoms with Crippen LogP contribution in [0.3, 0.4) is 0 Å². The third-order valence-electron chi connectivity index (χ3n) is 8.48. The molecule has 2 aromatic carbocycles. The van der Waals surface area contributed by atoms with E-state index in [1.807, 2.05) is 29.8 Å². The number of ether oxygens (including phenoxy) is 1. The zero-order chi connectivity index (χ0) is 33.8. The molecular formula is C35H38F2N8O3. The van der Waals surface area contributed by atoms with E-state index in [-0.39, 0.29) is 28.7 Å². The van der Waals surface area contributed by atoms with Gasteiger partial charge in [0, 0.05) is 49.1 Å². The Balaban J connectivity index is 0.000000170. The second kappa shape index (κ2) is 14.4. The van der Waals surface area contributed by atoms with Gasteiger partial charge in [-0.1, -0.05) is 38.1 Å². The van der Waals surface area contributed by atoms with Crippen LogP contribution in [0.4, 0.5) is 8.78 Å². The summed E-state index contributed by atoms with van der Waals surface area (Å²) < 4.78 is 39.2. The lowest BCUT2D eigenvalue weighted by atomic mass is 10.0. The van der Waals surface area contributed by atoms with E-state index in [0.29, 0.717) is 37.6 Å². The maximum absolute atomic E-state index is 13.6. The van der Waals surface area contributed by atoms with Crippen molar-refractivity contribution in [2.24, 2.45) is 0 Å². The van der Waals surface area contributed by atoms with Crippen molar-refractivity contribution in [1.29, 1.82) is 0 Å². The molecule has 13 heteroatoms. The molecule has 0 amide bonds. The van der Waals surface area contributed by atoms with E-state index in [4.69, 9.17) is 4.74 Å². The molecule has 0 spiro atoms. The second-order valence-corrected chi connectivity index (χ2v) is 12.0. The molecule has 7 rings (SSSR count). The molecule has 1 atom stereocenters. The topological polar surface area (TPSA) is 114 Å². The number of aromatic nitrogens is 8. The van der Waals surface area contributed by atoms with E-state index in [9.17, 15) is 18.4 Å². The number of rotatable bonds is 9. The minimum atomic E-state index is -0.310. The van der Waals surface area contributed by atoms with E-state index >= 15 is 0 Å². The third-order valence-corrected chi connectivity index (χ3v) is 8.48. The number of benzene rings is 2. The number of hydrogen-bond acceptors (Lipinski definition) is 7. The Kier molecular flexibility index (Phi) is 9.85. The zero-order valence-corrected chi connectivity index (χ0v) is 27.3. The van der Waals surface area contributed by atoms with Crippen molar-refractivity contribution < 1.29 is 13.5 Å². The fraction of sp³-hybridized carbons (Fsp3) is 0.371. The molecule has 0 N–H and O–H groups in total. The van der Waals surface area contributed by atoms with Gasteiger partial charge in [0.25, 0.3) is 11.1 Å². The lowest BCUT2D eigenvalue weighted by Crippen LogP contribution is -2.28. The van der Waals surface area contributed by atoms with Crippen molar-refractivity contribution in [2.75, 3.05) is 13.2 Å². The van der Waals surface area contributed by atoms with Crippen LogP contribution in [-0.2, 0) is 30.7 Å². The van der Waals surface area contributed by atoms with Crippen molar-refractivity contribution in [2.45, 2.75) is 71.9 Å². The maximum Gasteiger partial charge on any atom is 0.296 e. The quantitative estimate of drug-likeness (QED) is 0.218. The number of hydrogen-bond donors (Lipinski definition) is 0. The highest BCUT2D eigenvalue weighted by Crippen LogP contribution is 2.25. The standard InChI is InChI=1S/C19H21FN4O2.C16H17FN4O/c1-2-4-17-21-22-18-19(25)23(10-13-5-3-6-15(20)9-13)16(11-24(17)18)14-7-8-26-12-14;1-3-5-14-18-19-15-16(22)20(11(2)9-21(14)15)10-12-6-4-7-13(17)8-12/h3,5-6,9,11,14H,2,4,7-8,10,12H2,1H3;4,6-9H,3,5,10H2,1-2H3/t14-;/m1./s1. The highest BCUT2D eigenvalue weighted by molar-refractivity contribution is 5.38. The lowest BCUT2D eigenvalue weighted by Gasteiger charge is -2.18. The lowest BCUT2D eigenvalue weighted by molar-refractivity contribution is 0.193. The van der Waals surface area contributed by atoms with Gasteiger partial charge in [-0.2, -0.15) is 0 Å². The Labute approximate surface area is 275 Å². The SMILES string of the molecule is CCCc1nnc2c(=O)n(Cc3cccc(F)c3)c(C)cn12.CCCc1nnc2c(=O)n(Cc3cccc(F)c3)c([C@@H]3CCOC3)cn12. The van der Waals surface area contributed by atoms with E-state index in [1.165, 1.54) is 24.3 Å². The van der Waals surface area contributed by atoms with Crippen LogP contribution in [0.5, 0.6) is 0 Å². The first kappa shape index (κ1) is 32.9. The average Bonchev–Trinajstić information content (AvgIpc) is 3.83. The summed E-state index contributed by atoms with van der Waals surface area (Å²) >= 11 is 0. The normalized spacial score (nSPS) is 14.5. The number of halogens is 2. The highest BCUT2D eigenvalue weighted by Gasteiger charge is 2.24. The first-order valence-electron chi connectivity index (χ1n) is 16.2. The van der Waals surface area contributed by atoms with Gasteiger partial charge in [-0.15, -0.1) is 20.4 Å². The summed E-state index contributed by atoms with van der Waals surface area (Å²) in [5.74, 6) is 1.10. The van der Waals surface area contributed by atoms with Crippen LogP contribution in [-0.4, -0.2) is 51.5 Å². The molecule has 1 saturated heterocycles. The molecule has 11 nitrogen and oxygen atoms in total. The van der Waals surface area contributed by atoms with Gasteiger partial charge in [-0.3, -0.25) is 18.4 Å². The van der Waals surface area contributed by atoms with Gasteiger partial charge in [0.15, 0.2) is 0 Å². The maximum atomic E-state index is 13.6. The minimum absolute atomic E-state index is 0.137. The molecule has 0 saturated carbocycles. The van der Waals surface area contributed by atoms with E-state index in [1.54, 1.807) is 31.7 Å². The molecule has 5 heterocycles. The van der Waals surface area contributed by atoms with Crippen LogP contribution >= 0.6 is 0 Å². The first-order valence-corrected chi connectivity index (χ1v) is 16.2. The fourth-order valence-electron chi connectivity index (χ4n) is 6.06. The number of aryl methyl sites for hydroxylation is 3. The summed E-state index contributed by atoms with van der Waals surface area (Å²) in [7, 11) is 0. The molecule has 0 aliphatic carbocycles. The van der Waals surface area contributed by atoms with Gasteiger partial charge >= 0.3 is 0 Å². The van der Waals surface area contributed by atoms with Crippen LogP contribution in [0, 0.1) is 18.6 Å². The van der Waals surface area contributed by atoms with Gasteiger partial charge in [0.05, 0.1) is 19.7 Å². The van der Waals surface area contributed by atoms with E-state index < -0.39 is 0 Å². The van der Waals surface area contributed by atoms with Gasteiger partial charge in [-0.25, -0.2) is 8.78 Å². The van der Waals surface area contributed by atoms with Gasteiger partial charge < -0.3 is 13.9 Å². The molecule has 250 valence electrons. The van der Waals surface area contributed by atoms with Gasteiger partial charge in [-0.05, 0) is 61.6 Å². The Bertz CT molecular complexity index is 2180. The summed E-state index contributed by atoms with van der Waals surface area (Å²) in [4.78, 5) is 25.7. The van der Waals surface area contributed by atoms with E-state index in [2.05, 4.69) is 34.2 Å². The predicted octanol–water partition coefficient (Wildman–Crippen LogP) is 4.87. The Morgan fingerprint density at radius 2 is 1.31 bits per heavy atom. The van der Waals surface area contributed by atoms with Crippen LogP contribution in [0.25, 0.3) is 11.3 Å².